The molecule has 2 atom stereocenters. The SMILES string of the molecule is O=C(Nc1ccc2c(c1)OCO2)C1CC(c2ccc(F)cc2)NN1. The van der Waals surface area contributed by atoms with E-state index in [4.69, 9.17) is 9.47 Å². The van der Waals surface area contributed by atoms with Crippen molar-refractivity contribution in [3.63, 3.8) is 0 Å². The molecule has 0 radical (unpaired) electrons. The lowest BCUT2D eigenvalue weighted by molar-refractivity contribution is -0.117. The summed E-state index contributed by atoms with van der Waals surface area (Å²) in [6.45, 7) is 0.195. The molecule has 124 valence electrons. The van der Waals surface area contributed by atoms with Gasteiger partial charge in [0.15, 0.2) is 11.5 Å². The number of carbonyl (C=O) groups excluding carboxylic acids is 1. The molecule has 2 aromatic carbocycles. The molecule has 0 saturated carbocycles. The largest absolute Gasteiger partial charge is 0.454 e. The Kier molecular flexibility index (Phi) is 3.79. The van der Waals surface area contributed by atoms with Crippen molar-refractivity contribution in [3.05, 3.63) is 53.8 Å². The smallest absolute Gasteiger partial charge is 0.242 e. The zero-order valence-electron chi connectivity index (χ0n) is 12.7. The van der Waals surface area contributed by atoms with E-state index in [0.717, 1.165) is 5.56 Å². The first-order chi connectivity index (χ1) is 11.7. The Morgan fingerprint density at radius 2 is 1.88 bits per heavy atom. The van der Waals surface area contributed by atoms with Crippen LogP contribution >= 0.6 is 0 Å². The van der Waals surface area contributed by atoms with Crippen LogP contribution in [0.25, 0.3) is 0 Å². The number of fused-ring (bicyclic) bond motifs is 1. The number of amides is 1. The van der Waals surface area contributed by atoms with Gasteiger partial charge in [-0.15, -0.1) is 0 Å². The first kappa shape index (κ1) is 14.9. The second-order valence-electron chi connectivity index (χ2n) is 5.74. The highest BCUT2D eigenvalue weighted by Gasteiger charge is 2.30. The Hall–Kier alpha value is -2.64. The second-order valence-corrected chi connectivity index (χ2v) is 5.74. The molecular weight excluding hydrogens is 313 g/mol. The fourth-order valence-corrected chi connectivity index (χ4v) is 2.85. The average Bonchev–Trinajstić information content (AvgIpc) is 3.24. The quantitative estimate of drug-likeness (QED) is 0.804. The lowest BCUT2D eigenvalue weighted by Gasteiger charge is -2.11. The van der Waals surface area contributed by atoms with Crippen LogP contribution in [0.1, 0.15) is 18.0 Å². The van der Waals surface area contributed by atoms with Crippen LogP contribution in [0.5, 0.6) is 11.5 Å². The van der Waals surface area contributed by atoms with Gasteiger partial charge in [-0.1, -0.05) is 12.1 Å². The first-order valence-corrected chi connectivity index (χ1v) is 7.66. The minimum atomic E-state index is -0.384. The van der Waals surface area contributed by atoms with Crippen LogP contribution in [0, 0.1) is 5.82 Å². The van der Waals surface area contributed by atoms with Crippen molar-refractivity contribution in [2.45, 2.75) is 18.5 Å². The zero-order chi connectivity index (χ0) is 16.5. The molecule has 1 fully saturated rings. The summed E-state index contributed by atoms with van der Waals surface area (Å²) in [5, 5.41) is 2.86. The van der Waals surface area contributed by atoms with Gasteiger partial charge >= 0.3 is 0 Å². The van der Waals surface area contributed by atoms with Crippen molar-refractivity contribution in [1.29, 1.82) is 0 Å². The molecule has 4 rings (SSSR count). The van der Waals surface area contributed by atoms with Crippen LogP contribution in [-0.4, -0.2) is 18.7 Å². The van der Waals surface area contributed by atoms with Crippen LogP contribution in [0.2, 0.25) is 0 Å². The van der Waals surface area contributed by atoms with E-state index in [1.54, 1.807) is 30.3 Å². The standard InChI is InChI=1S/C17H16FN3O3/c18-11-3-1-10(2-4-11)13-8-14(21-20-13)17(22)19-12-5-6-15-16(7-12)24-9-23-15/h1-7,13-14,20-21H,8-9H2,(H,19,22). The van der Waals surface area contributed by atoms with Gasteiger partial charge in [-0.25, -0.2) is 15.2 Å². The molecule has 2 aliphatic heterocycles. The molecule has 24 heavy (non-hydrogen) atoms. The number of benzene rings is 2. The van der Waals surface area contributed by atoms with E-state index in [1.165, 1.54) is 12.1 Å². The van der Waals surface area contributed by atoms with Gasteiger partial charge < -0.3 is 14.8 Å². The second kappa shape index (κ2) is 6.10. The van der Waals surface area contributed by atoms with Gasteiger partial charge in [-0.2, -0.15) is 0 Å². The average molecular weight is 329 g/mol. The van der Waals surface area contributed by atoms with Crippen LogP contribution in [0.4, 0.5) is 10.1 Å². The summed E-state index contributed by atoms with van der Waals surface area (Å²) in [5.74, 6) is 0.868. The van der Waals surface area contributed by atoms with Gasteiger partial charge in [-0.3, -0.25) is 4.79 Å². The molecule has 0 bridgehead atoms. The Balaban J connectivity index is 1.39. The number of rotatable bonds is 3. The van der Waals surface area contributed by atoms with Gasteiger partial charge in [0.2, 0.25) is 12.7 Å². The highest BCUT2D eigenvalue weighted by atomic mass is 19.1. The Bertz CT molecular complexity index is 766. The molecule has 6 nitrogen and oxygen atoms in total. The van der Waals surface area contributed by atoms with Crippen LogP contribution in [0.3, 0.4) is 0 Å². The maximum absolute atomic E-state index is 13.0. The van der Waals surface area contributed by atoms with Crippen LogP contribution in [-0.2, 0) is 4.79 Å². The number of anilines is 1. The van der Waals surface area contributed by atoms with Crippen molar-refractivity contribution in [3.8, 4) is 11.5 Å². The highest BCUT2D eigenvalue weighted by molar-refractivity contribution is 5.95. The molecule has 2 unspecified atom stereocenters. The predicted molar refractivity (Wildman–Crippen MR) is 85.0 cm³/mol. The third-order valence-electron chi connectivity index (χ3n) is 4.13. The fraction of sp³-hybridized carbons (Fsp3) is 0.235. The summed E-state index contributed by atoms with van der Waals surface area (Å²) in [4.78, 5) is 12.4. The van der Waals surface area contributed by atoms with E-state index in [-0.39, 0.29) is 30.6 Å². The molecule has 2 aromatic rings. The summed E-state index contributed by atoms with van der Waals surface area (Å²) in [5.41, 5.74) is 7.64. The van der Waals surface area contributed by atoms with Gasteiger partial charge in [-0.05, 0) is 36.2 Å². The van der Waals surface area contributed by atoms with E-state index in [1.807, 2.05) is 0 Å². The topological polar surface area (TPSA) is 71.6 Å². The van der Waals surface area contributed by atoms with E-state index in [2.05, 4.69) is 16.2 Å². The van der Waals surface area contributed by atoms with E-state index >= 15 is 0 Å². The number of carbonyl (C=O) groups is 1. The predicted octanol–water partition coefficient (Wildman–Crippen LogP) is 2.10. The number of ether oxygens (including phenoxy) is 2. The Labute approximate surface area is 137 Å². The van der Waals surface area contributed by atoms with E-state index in [9.17, 15) is 9.18 Å². The normalized spacial score (nSPS) is 21.7. The first-order valence-electron chi connectivity index (χ1n) is 7.66. The van der Waals surface area contributed by atoms with Gasteiger partial charge in [0.05, 0.1) is 0 Å². The molecular formula is C17H16FN3O3. The van der Waals surface area contributed by atoms with Crippen molar-refractivity contribution >= 4 is 11.6 Å². The summed E-state index contributed by atoms with van der Waals surface area (Å²) in [6, 6.07) is 11.1. The molecule has 7 heteroatoms. The van der Waals surface area contributed by atoms with Crippen molar-refractivity contribution < 1.29 is 18.7 Å². The summed E-state index contributed by atoms with van der Waals surface area (Å²) < 4.78 is 23.5. The van der Waals surface area contributed by atoms with Crippen molar-refractivity contribution in [2.75, 3.05) is 12.1 Å². The molecule has 1 saturated heterocycles. The fourth-order valence-electron chi connectivity index (χ4n) is 2.85. The molecule has 1 amide bonds. The number of halogens is 1. The zero-order valence-corrected chi connectivity index (χ0v) is 12.7. The van der Waals surface area contributed by atoms with E-state index in [0.29, 0.717) is 23.6 Å². The third-order valence-corrected chi connectivity index (χ3v) is 4.13. The highest BCUT2D eigenvalue weighted by Crippen LogP contribution is 2.34. The Morgan fingerprint density at radius 3 is 2.71 bits per heavy atom. The molecule has 2 heterocycles. The van der Waals surface area contributed by atoms with Crippen LogP contribution < -0.4 is 25.6 Å². The minimum Gasteiger partial charge on any atom is -0.454 e. The summed E-state index contributed by atoms with van der Waals surface area (Å²) in [7, 11) is 0. The molecule has 0 spiro atoms. The summed E-state index contributed by atoms with van der Waals surface area (Å²) >= 11 is 0. The lowest BCUT2D eigenvalue weighted by atomic mass is 10.0. The number of hydrogen-bond acceptors (Lipinski definition) is 5. The number of hydrazine groups is 1. The monoisotopic (exact) mass is 329 g/mol. The minimum absolute atomic E-state index is 0.0434. The van der Waals surface area contributed by atoms with Crippen LogP contribution in [0.15, 0.2) is 42.5 Å². The van der Waals surface area contributed by atoms with E-state index < -0.39 is 0 Å². The van der Waals surface area contributed by atoms with Gasteiger partial charge in [0, 0.05) is 17.8 Å². The summed E-state index contributed by atoms with van der Waals surface area (Å²) in [6.07, 6.45) is 0.571. The maximum Gasteiger partial charge on any atom is 0.242 e. The van der Waals surface area contributed by atoms with Gasteiger partial charge in [0.25, 0.3) is 0 Å². The molecule has 0 aromatic heterocycles. The number of nitrogens with one attached hydrogen (secondary N) is 3. The van der Waals surface area contributed by atoms with Crippen molar-refractivity contribution in [2.24, 2.45) is 0 Å². The Morgan fingerprint density at radius 1 is 1.08 bits per heavy atom. The molecule has 3 N–H and O–H groups in total. The lowest BCUT2D eigenvalue weighted by Crippen LogP contribution is -2.39. The molecule has 2 aliphatic rings. The van der Waals surface area contributed by atoms with Crippen molar-refractivity contribution in [1.82, 2.24) is 10.9 Å². The molecule has 0 aliphatic carbocycles. The third kappa shape index (κ3) is 2.91. The number of hydrogen-bond donors (Lipinski definition) is 3. The maximum atomic E-state index is 13.0. The van der Waals surface area contributed by atoms with Gasteiger partial charge in [0.1, 0.15) is 11.9 Å².